The Labute approximate surface area is 179 Å². The number of hydrogen-bond donors (Lipinski definition) is 0. The molecule has 0 amide bonds. The standard InChI is InChI=1S/C26H32OP2/c1-6-26(3,28-25-20(2)13-12-18-24(25)29(4)5)22-16-10-11-17-23(22)27-19-21-14-8-7-9-15-21/h7-18,28H,6,19H2,1-5H3. The van der Waals surface area contributed by atoms with Crippen LogP contribution in [0.4, 0.5) is 0 Å². The summed E-state index contributed by atoms with van der Waals surface area (Å²) >= 11 is 0. The molecule has 1 nitrogen and oxygen atoms in total. The molecule has 0 aromatic heterocycles. The second kappa shape index (κ2) is 9.88. The molecule has 0 heterocycles. The van der Waals surface area contributed by atoms with E-state index in [4.69, 9.17) is 4.74 Å². The molecule has 3 aromatic carbocycles. The van der Waals surface area contributed by atoms with Crippen LogP contribution in [0, 0.1) is 6.92 Å². The fourth-order valence-electron chi connectivity index (χ4n) is 3.59. The normalized spacial score (nSPS) is 13.7. The average molecular weight is 422 g/mol. The quantitative estimate of drug-likeness (QED) is 0.373. The molecule has 0 bridgehead atoms. The minimum atomic E-state index is -0.128. The molecule has 0 aliphatic carbocycles. The van der Waals surface area contributed by atoms with Crippen LogP contribution in [-0.4, -0.2) is 13.3 Å². The van der Waals surface area contributed by atoms with Gasteiger partial charge < -0.3 is 4.74 Å². The molecule has 2 unspecified atom stereocenters. The van der Waals surface area contributed by atoms with Gasteiger partial charge in [0.05, 0.1) is 0 Å². The molecule has 3 aromatic rings. The van der Waals surface area contributed by atoms with Crippen LogP contribution in [0.1, 0.15) is 37.0 Å². The Morgan fingerprint density at radius 1 is 0.897 bits per heavy atom. The Hall–Kier alpha value is -1.68. The van der Waals surface area contributed by atoms with Crippen LogP contribution >= 0.6 is 16.5 Å². The summed E-state index contributed by atoms with van der Waals surface area (Å²) in [5, 5.41) is 3.14. The summed E-state index contributed by atoms with van der Waals surface area (Å²) < 4.78 is 6.33. The highest BCUT2D eigenvalue weighted by Crippen LogP contribution is 2.48. The number of ether oxygens (including phenoxy) is 1. The van der Waals surface area contributed by atoms with Crippen LogP contribution < -0.4 is 15.3 Å². The van der Waals surface area contributed by atoms with E-state index in [1.807, 2.05) is 6.07 Å². The first-order valence-corrected chi connectivity index (χ1v) is 13.5. The van der Waals surface area contributed by atoms with E-state index in [0.717, 1.165) is 20.8 Å². The Morgan fingerprint density at radius 3 is 2.28 bits per heavy atom. The summed E-state index contributed by atoms with van der Waals surface area (Å²) in [7, 11) is 0.592. The Balaban J connectivity index is 1.94. The molecular formula is C26H32OP2. The van der Waals surface area contributed by atoms with Gasteiger partial charge in [-0.2, -0.15) is 0 Å². The van der Waals surface area contributed by atoms with E-state index in [-0.39, 0.29) is 13.1 Å². The Kier molecular flexibility index (Phi) is 7.50. The van der Waals surface area contributed by atoms with E-state index < -0.39 is 0 Å². The molecular weight excluding hydrogens is 390 g/mol. The number of benzene rings is 3. The van der Waals surface area contributed by atoms with Crippen molar-refractivity contribution in [3.05, 3.63) is 89.5 Å². The summed E-state index contributed by atoms with van der Waals surface area (Å²) in [6.07, 6.45) is 1.08. The van der Waals surface area contributed by atoms with Crippen molar-refractivity contribution in [2.45, 2.75) is 39.0 Å². The second-order valence-electron chi connectivity index (χ2n) is 7.94. The molecule has 29 heavy (non-hydrogen) atoms. The topological polar surface area (TPSA) is 9.23 Å². The van der Waals surface area contributed by atoms with Gasteiger partial charge in [-0.25, -0.2) is 0 Å². The molecule has 0 fully saturated rings. The SMILES string of the molecule is CCC(C)(Pc1c(C)cccc1P(C)C)c1ccccc1OCc1ccccc1. The first kappa shape index (κ1) is 22.0. The average Bonchev–Trinajstić information content (AvgIpc) is 2.74. The predicted molar refractivity (Wildman–Crippen MR) is 132 cm³/mol. The lowest BCUT2D eigenvalue weighted by molar-refractivity contribution is 0.300. The Morgan fingerprint density at radius 2 is 1.59 bits per heavy atom. The minimum absolute atomic E-state index is 0.0550. The first-order valence-electron chi connectivity index (χ1n) is 10.3. The van der Waals surface area contributed by atoms with Gasteiger partial charge in [0.15, 0.2) is 0 Å². The third kappa shape index (κ3) is 5.28. The summed E-state index contributed by atoms with van der Waals surface area (Å²) in [5.41, 5.74) is 3.94. The van der Waals surface area contributed by atoms with E-state index in [1.54, 1.807) is 10.6 Å². The second-order valence-corrected chi connectivity index (χ2v) is 12.1. The van der Waals surface area contributed by atoms with Gasteiger partial charge in [-0.1, -0.05) is 97.1 Å². The maximum Gasteiger partial charge on any atom is 0.123 e. The Bertz CT molecular complexity index is 936. The van der Waals surface area contributed by atoms with Crippen LogP contribution in [0.15, 0.2) is 72.8 Å². The number of hydrogen-bond acceptors (Lipinski definition) is 1. The zero-order valence-corrected chi connectivity index (χ0v) is 20.1. The summed E-state index contributed by atoms with van der Waals surface area (Å²) in [5.74, 6) is 1.01. The molecule has 0 spiro atoms. The van der Waals surface area contributed by atoms with E-state index in [2.05, 4.69) is 101 Å². The molecule has 0 radical (unpaired) electrons. The van der Waals surface area contributed by atoms with Crippen LogP contribution in [0.5, 0.6) is 5.75 Å². The van der Waals surface area contributed by atoms with Crippen molar-refractivity contribution in [3.63, 3.8) is 0 Å². The number of para-hydroxylation sites is 1. The smallest absolute Gasteiger partial charge is 0.123 e. The highest BCUT2D eigenvalue weighted by Gasteiger charge is 2.30. The molecule has 2 atom stereocenters. The van der Waals surface area contributed by atoms with Gasteiger partial charge in [-0.05, 0) is 54.5 Å². The summed E-state index contributed by atoms with van der Waals surface area (Å²) in [4.78, 5) is 0. The van der Waals surface area contributed by atoms with Gasteiger partial charge in [0, 0.05) is 10.7 Å². The third-order valence-corrected chi connectivity index (χ3v) is 9.19. The zero-order valence-electron chi connectivity index (χ0n) is 18.2. The van der Waals surface area contributed by atoms with E-state index in [9.17, 15) is 0 Å². The van der Waals surface area contributed by atoms with Gasteiger partial charge in [-0.15, -0.1) is 0 Å². The molecule has 3 heteroatoms. The summed E-state index contributed by atoms with van der Waals surface area (Å²) in [6.45, 7) is 12.3. The molecule has 0 N–H and O–H groups in total. The van der Waals surface area contributed by atoms with E-state index in [1.165, 1.54) is 16.7 Å². The lowest BCUT2D eigenvalue weighted by Crippen LogP contribution is -2.27. The van der Waals surface area contributed by atoms with Gasteiger partial charge in [0.25, 0.3) is 0 Å². The van der Waals surface area contributed by atoms with Crippen molar-refractivity contribution < 1.29 is 4.74 Å². The zero-order chi connectivity index (χ0) is 20.9. The lowest BCUT2D eigenvalue weighted by Gasteiger charge is -2.33. The fourth-order valence-corrected chi connectivity index (χ4v) is 7.00. The third-order valence-electron chi connectivity index (χ3n) is 5.56. The van der Waals surface area contributed by atoms with Crippen molar-refractivity contribution >= 4 is 27.1 Å². The van der Waals surface area contributed by atoms with Crippen molar-refractivity contribution in [1.29, 1.82) is 0 Å². The van der Waals surface area contributed by atoms with Crippen LogP contribution in [-0.2, 0) is 11.8 Å². The largest absolute Gasteiger partial charge is 0.489 e. The fraction of sp³-hybridized carbons (Fsp3) is 0.308. The minimum Gasteiger partial charge on any atom is -0.489 e. The van der Waals surface area contributed by atoms with Crippen LogP contribution in [0.25, 0.3) is 0 Å². The van der Waals surface area contributed by atoms with Crippen molar-refractivity contribution in [2.24, 2.45) is 0 Å². The first-order chi connectivity index (χ1) is 13.9. The predicted octanol–water partition coefficient (Wildman–Crippen LogP) is 6.57. The van der Waals surface area contributed by atoms with Crippen LogP contribution in [0.2, 0.25) is 0 Å². The summed E-state index contributed by atoms with van der Waals surface area (Å²) in [6, 6.07) is 25.8. The van der Waals surface area contributed by atoms with E-state index in [0.29, 0.717) is 6.61 Å². The van der Waals surface area contributed by atoms with Gasteiger partial charge in [-0.3, -0.25) is 0 Å². The molecule has 3 rings (SSSR count). The molecule has 0 saturated heterocycles. The number of aryl methyl sites for hydroxylation is 1. The van der Waals surface area contributed by atoms with Crippen molar-refractivity contribution in [2.75, 3.05) is 13.3 Å². The number of rotatable bonds is 8. The highest BCUT2D eigenvalue weighted by molar-refractivity contribution is 7.66. The van der Waals surface area contributed by atoms with E-state index >= 15 is 0 Å². The van der Waals surface area contributed by atoms with Crippen molar-refractivity contribution in [1.82, 2.24) is 0 Å². The molecule has 0 aliphatic heterocycles. The molecule has 0 saturated carbocycles. The monoisotopic (exact) mass is 422 g/mol. The van der Waals surface area contributed by atoms with Crippen LogP contribution in [0.3, 0.4) is 0 Å². The highest BCUT2D eigenvalue weighted by atomic mass is 31.1. The van der Waals surface area contributed by atoms with Crippen molar-refractivity contribution in [3.8, 4) is 5.75 Å². The van der Waals surface area contributed by atoms with Gasteiger partial charge >= 0.3 is 0 Å². The maximum absolute atomic E-state index is 6.33. The van der Waals surface area contributed by atoms with Gasteiger partial charge in [0.1, 0.15) is 12.4 Å². The maximum atomic E-state index is 6.33. The molecule has 0 aliphatic rings. The van der Waals surface area contributed by atoms with Gasteiger partial charge in [0.2, 0.25) is 0 Å². The molecule has 152 valence electrons. The lowest BCUT2D eigenvalue weighted by atomic mass is 9.96.